The minimum atomic E-state index is -0.734. The molecule has 35 heavy (non-hydrogen) atoms. The number of esters is 1. The van der Waals surface area contributed by atoms with Crippen LogP contribution in [0.4, 0.5) is 5.69 Å². The maximum atomic E-state index is 13.1. The molecule has 0 saturated carbocycles. The molecule has 0 saturated heterocycles. The predicted octanol–water partition coefficient (Wildman–Crippen LogP) is 4.31. The van der Waals surface area contributed by atoms with E-state index in [1.807, 2.05) is 63.2 Å². The number of rotatable bonds is 7. The Hall–Kier alpha value is -4.26. The lowest BCUT2D eigenvalue weighted by molar-refractivity contribution is -0.134. The van der Waals surface area contributed by atoms with Crippen molar-refractivity contribution in [3.63, 3.8) is 0 Å². The molecule has 0 bridgehead atoms. The Labute approximate surface area is 203 Å². The third-order valence-electron chi connectivity index (χ3n) is 6.01. The smallest absolute Gasteiger partial charge is 0.338 e. The first-order valence-corrected chi connectivity index (χ1v) is 11.4. The van der Waals surface area contributed by atoms with Crippen LogP contribution in [0.25, 0.3) is 0 Å². The van der Waals surface area contributed by atoms with Gasteiger partial charge in [0.05, 0.1) is 22.4 Å². The molecule has 4 rings (SSSR count). The summed E-state index contributed by atoms with van der Waals surface area (Å²) in [5, 5.41) is 0. The summed E-state index contributed by atoms with van der Waals surface area (Å²) in [4.78, 5) is 54.0. The molecule has 0 aromatic heterocycles. The van der Waals surface area contributed by atoms with Gasteiger partial charge in [0.1, 0.15) is 0 Å². The lowest BCUT2D eigenvalue weighted by Crippen LogP contribution is -2.34. The summed E-state index contributed by atoms with van der Waals surface area (Å²) < 4.78 is 5.24. The van der Waals surface area contributed by atoms with Crippen LogP contribution in [0.1, 0.15) is 54.7 Å². The first kappa shape index (κ1) is 23.9. The summed E-state index contributed by atoms with van der Waals surface area (Å²) in [6.07, 6.45) is 0. The summed E-state index contributed by atoms with van der Waals surface area (Å²) >= 11 is 0. The van der Waals surface area contributed by atoms with E-state index in [0.29, 0.717) is 18.8 Å². The first-order valence-electron chi connectivity index (χ1n) is 11.4. The number of amides is 3. The Morgan fingerprint density at radius 3 is 2.31 bits per heavy atom. The van der Waals surface area contributed by atoms with Gasteiger partial charge in [-0.05, 0) is 61.7 Å². The summed E-state index contributed by atoms with van der Waals surface area (Å²) in [7, 11) is 0. The molecule has 3 amide bonds. The van der Waals surface area contributed by atoms with Crippen molar-refractivity contribution in [2.45, 2.75) is 27.3 Å². The van der Waals surface area contributed by atoms with E-state index in [2.05, 4.69) is 0 Å². The first-order chi connectivity index (χ1) is 16.8. The monoisotopic (exact) mass is 470 g/mol. The Kier molecular flexibility index (Phi) is 6.78. The molecule has 7 heteroatoms. The summed E-state index contributed by atoms with van der Waals surface area (Å²) in [5.41, 5.74) is 3.67. The van der Waals surface area contributed by atoms with Gasteiger partial charge in [0, 0.05) is 13.1 Å². The number of benzene rings is 3. The maximum Gasteiger partial charge on any atom is 0.338 e. The number of hydrogen-bond donors (Lipinski definition) is 0. The van der Waals surface area contributed by atoms with Crippen LogP contribution in [0, 0.1) is 13.8 Å². The highest BCUT2D eigenvalue weighted by Crippen LogP contribution is 2.31. The van der Waals surface area contributed by atoms with Gasteiger partial charge in [0.2, 0.25) is 0 Å². The Bertz CT molecular complexity index is 1320. The highest BCUT2D eigenvalue weighted by Gasteiger charge is 2.38. The van der Waals surface area contributed by atoms with Gasteiger partial charge in [0.25, 0.3) is 17.7 Å². The molecular weight excluding hydrogens is 444 g/mol. The quantitative estimate of drug-likeness (QED) is 0.380. The molecule has 0 radical (unpaired) electrons. The van der Waals surface area contributed by atoms with Crippen LogP contribution >= 0.6 is 0 Å². The highest BCUT2D eigenvalue weighted by atomic mass is 16.5. The zero-order chi connectivity index (χ0) is 25.1. The molecule has 0 spiro atoms. The number of carbonyl (C=O) groups excluding carboxylic acids is 4. The van der Waals surface area contributed by atoms with Crippen LogP contribution in [0.3, 0.4) is 0 Å². The van der Waals surface area contributed by atoms with E-state index >= 15 is 0 Å². The van der Waals surface area contributed by atoms with Crippen molar-refractivity contribution in [2.75, 3.05) is 18.1 Å². The molecule has 178 valence electrons. The van der Waals surface area contributed by atoms with E-state index in [0.717, 1.165) is 21.6 Å². The predicted molar refractivity (Wildman–Crippen MR) is 131 cm³/mol. The lowest BCUT2D eigenvalue weighted by atomic mass is 10.1. The highest BCUT2D eigenvalue weighted by molar-refractivity contribution is 6.35. The van der Waals surface area contributed by atoms with Crippen LogP contribution in [-0.4, -0.2) is 41.7 Å². The number of ether oxygens (including phenoxy) is 1. The second-order valence-corrected chi connectivity index (χ2v) is 8.47. The van der Waals surface area contributed by atoms with Gasteiger partial charge < -0.3 is 9.64 Å². The Morgan fingerprint density at radius 1 is 0.886 bits per heavy atom. The molecule has 0 N–H and O–H groups in total. The van der Waals surface area contributed by atoms with Crippen molar-refractivity contribution in [3.8, 4) is 0 Å². The van der Waals surface area contributed by atoms with Crippen molar-refractivity contribution in [2.24, 2.45) is 0 Å². The average Bonchev–Trinajstić information content (AvgIpc) is 3.12. The van der Waals surface area contributed by atoms with Crippen LogP contribution in [0.2, 0.25) is 0 Å². The molecule has 1 aliphatic heterocycles. The zero-order valence-electron chi connectivity index (χ0n) is 19.9. The van der Waals surface area contributed by atoms with E-state index in [1.165, 1.54) is 18.2 Å². The fourth-order valence-corrected chi connectivity index (χ4v) is 4.03. The van der Waals surface area contributed by atoms with Gasteiger partial charge >= 0.3 is 5.97 Å². The summed E-state index contributed by atoms with van der Waals surface area (Å²) in [5.74, 6) is -1.99. The van der Waals surface area contributed by atoms with Gasteiger partial charge in [0.15, 0.2) is 6.61 Å². The topological polar surface area (TPSA) is 84.0 Å². The number of hydrogen-bond acceptors (Lipinski definition) is 5. The standard InChI is InChI=1S/C28H26N2O5/c1-4-29(16-20-8-6-5-7-9-20)25(31)17-35-28(34)21-12-13-22-23(15-21)27(33)30(26(22)32)24-14-18(2)10-11-19(24)3/h5-15H,4,16-17H2,1-3H3. The second-order valence-electron chi connectivity index (χ2n) is 8.47. The summed E-state index contributed by atoms with van der Waals surface area (Å²) in [6, 6.07) is 19.3. The van der Waals surface area contributed by atoms with Crippen molar-refractivity contribution in [3.05, 3.63) is 100 Å². The van der Waals surface area contributed by atoms with Crippen LogP contribution in [0.15, 0.2) is 66.7 Å². The molecule has 0 aliphatic carbocycles. The zero-order valence-corrected chi connectivity index (χ0v) is 19.9. The molecule has 1 aliphatic rings. The summed E-state index contributed by atoms with van der Waals surface area (Å²) in [6.45, 7) is 6.03. The molecule has 0 fully saturated rings. The average molecular weight is 471 g/mol. The normalized spacial score (nSPS) is 12.5. The van der Waals surface area contributed by atoms with Gasteiger partial charge in [-0.3, -0.25) is 14.4 Å². The van der Waals surface area contributed by atoms with Crippen molar-refractivity contribution < 1.29 is 23.9 Å². The van der Waals surface area contributed by atoms with Gasteiger partial charge in [-0.15, -0.1) is 0 Å². The Morgan fingerprint density at radius 2 is 1.60 bits per heavy atom. The molecule has 3 aromatic carbocycles. The second kappa shape index (κ2) is 9.93. The number of likely N-dealkylation sites (N-methyl/N-ethyl adjacent to an activating group) is 1. The van der Waals surface area contributed by atoms with E-state index < -0.39 is 24.4 Å². The molecule has 3 aromatic rings. The molecular formula is C28H26N2O5. The van der Waals surface area contributed by atoms with Crippen LogP contribution < -0.4 is 4.90 Å². The number of nitrogens with zero attached hydrogens (tertiary/aromatic N) is 2. The number of fused-ring (bicyclic) bond motifs is 1. The number of imide groups is 1. The number of carbonyl (C=O) groups is 4. The lowest BCUT2D eigenvalue weighted by Gasteiger charge is -2.20. The van der Waals surface area contributed by atoms with E-state index in [1.54, 1.807) is 11.0 Å². The van der Waals surface area contributed by atoms with Gasteiger partial charge in [-0.25, -0.2) is 9.69 Å². The SMILES string of the molecule is CCN(Cc1ccccc1)C(=O)COC(=O)c1ccc2c(c1)C(=O)N(c1cc(C)ccc1C)C2=O. The molecule has 0 unspecified atom stereocenters. The largest absolute Gasteiger partial charge is 0.452 e. The minimum absolute atomic E-state index is 0.103. The molecule has 1 heterocycles. The van der Waals surface area contributed by atoms with Crippen LogP contribution in [-0.2, 0) is 16.1 Å². The van der Waals surface area contributed by atoms with E-state index in [-0.39, 0.29) is 22.6 Å². The molecule has 0 atom stereocenters. The fraction of sp³-hybridized carbons (Fsp3) is 0.214. The maximum absolute atomic E-state index is 13.1. The van der Waals surface area contributed by atoms with Crippen molar-refractivity contribution in [1.82, 2.24) is 4.90 Å². The number of anilines is 1. The van der Waals surface area contributed by atoms with E-state index in [9.17, 15) is 19.2 Å². The number of aryl methyl sites for hydroxylation is 2. The van der Waals surface area contributed by atoms with E-state index in [4.69, 9.17) is 4.74 Å². The minimum Gasteiger partial charge on any atom is -0.452 e. The Balaban J connectivity index is 1.46. The van der Waals surface area contributed by atoms with Gasteiger partial charge in [-0.2, -0.15) is 0 Å². The van der Waals surface area contributed by atoms with Crippen molar-refractivity contribution in [1.29, 1.82) is 0 Å². The molecule has 7 nitrogen and oxygen atoms in total. The fourth-order valence-electron chi connectivity index (χ4n) is 4.03. The third kappa shape index (κ3) is 4.84. The van der Waals surface area contributed by atoms with Crippen LogP contribution in [0.5, 0.6) is 0 Å². The van der Waals surface area contributed by atoms with Gasteiger partial charge in [-0.1, -0.05) is 42.5 Å². The van der Waals surface area contributed by atoms with Crippen molar-refractivity contribution >= 4 is 29.4 Å². The third-order valence-corrected chi connectivity index (χ3v) is 6.01.